The molecule has 0 saturated carbocycles. The SMILES string of the molecule is C=CC(=O)OCC(COC(=O)C(=C)C)O[Si](C)(C)C. The molecule has 1 atom stereocenters. The average Bonchev–Trinajstić information content (AvgIpc) is 2.29. The maximum Gasteiger partial charge on any atom is 0.333 e. The van der Waals surface area contributed by atoms with Gasteiger partial charge >= 0.3 is 11.9 Å². The topological polar surface area (TPSA) is 61.8 Å². The van der Waals surface area contributed by atoms with Crippen LogP contribution in [0.25, 0.3) is 0 Å². The van der Waals surface area contributed by atoms with Crippen molar-refractivity contribution in [3.63, 3.8) is 0 Å². The zero-order valence-corrected chi connectivity index (χ0v) is 13.0. The fourth-order valence-electron chi connectivity index (χ4n) is 1.14. The van der Waals surface area contributed by atoms with E-state index < -0.39 is 26.4 Å². The zero-order chi connectivity index (χ0) is 15.1. The molecule has 0 aromatic carbocycles. The van der Waals surface area contributed by atoms with Crippen LogP contribution in [0, 0.1) is 0 Å². The monoisotopic (exact) mass is 286 g/mol. The number of hydrogen-bond donors (Lipinski definition) is 0. The predicted molar refractivity (Wildman–Crippen MR) is 75.1 cm³/mol. The van der Waals surface area contributed by atoms with Crippen LogP contribution in [0.2, 0.25) is 19.6 Å². The van der Waals surface area contributed by atoms with Crippen LogP contribution in [0.4, 0.5) is 0 Å². The molecule has 0 aromatic rings. The second-order valence-electron chi connectivity index (χ2n) is 5.07. The molecule has 0 spiro atoms. The third-order valence-corrected chi connectivity index (χ3v) is 2.89. The minimum atomic E-state index is -1.83. The Morgan fingerprint density at radius 1 is 1.21 bits per heavy atom. The van der Waals surface area contributed by atoms with E-state index in [1.807, 2.05) is 19.6 Å². The number of hydrogen-bond acceptors (Lipinski definition) is 5. The molecule has 5 nitrogen and oxygen atoms in total. The fraction of sp³-hybridized carbons (Fsp3) is 0.538. The molecular weight excluding hydrogens is 264 g/mol. The van der Waals surface area contributed by atoms with Gasteiger partial charge in [-0.05, 0) is 26.6 Å². The van der Waals surface area contributed by atoms with E-state index in [1.54, 1.807) is 6.92 Å². The number of ether oxygens (including phenoxy) is 2. The van der Waals surface area contributed by atoms with Crippen molar-refractivity contribution in [3.8, 4) is 0 Å². The van der Waals surface area contributed by atoms with Crippen LogP contribution in [-0.4, -0.2) is 39.6 Å². The number of esters is 2. The Morgan fingerprint density at radius 2 is 1.74 bits per heavy atom. The van der Waals surface area contributed by atoms with E-state index in [-0.39, 0.29) is 13.2 Å². The maximum atomic E-state index is 11.3. The van der Waals surface area contributed by atoms with Crippen molar-refractivity contribution < 1.29 is 23.5 Å². The highest BCUT2D eigenvalue weighted by Gasteiger charge is 2.23. The first-order valence-electron chi connectivity index (χ1n) is 5.95. The summed E-state index contributed by atoms with van der Waals surface area (Å²) in [6.07, 6.45) is 0.602. The Balaban J connectivity index is 4.41. The highest BCUT2D eigenvalue weighted by molar-refractivity contribution is 6.69. The normalized spacial score (nSPS) is 12.4. The van der Waals surface area contributed by atoms with Gasteiger partial charge in [0.2, 0.25) is 0 Å². The van der Waals surface area contributed by atoms with E-state index >= 15 is 0 Å². The average molecular weight is 286 g/mol. The number of rotatable bonds is 8. The van der Waals surface area contributed by atoms with Crippen LogP contribution in [-0.2, 0) is 23.5 Å². The van der Waals surface area contributed by atoms with E-state index in [4.69, 9.17) is 13.9 Å². The molecular formula is C13H22O5Si. The lowest BCUT2D eigenvalue weighted by Gasteiger charge is -2.25. The van der Waals surface area contributed by atoms with Crippen LogP contribution >= 0.6 is 0 Å². The Kier molecular flexibility index (Phi) is 7.32. The lowest BCUT2D eigenvalue weighted by Crippen LogP contribution is -2.38. The molecule has 0 amide bonds. The van der Waals surface area contributed by atoms with Crippen LogP contribution in [0.3, 0.4) is 0 Å². The van der Waals surface area contributed by atoms with Gasteiger partial charge in [-0.25, -0.2) is 9.59 Å². The summed E-state index contributed by atoms with van der Waals surface area (Å²) < 4.78 is 15.7. The molecule has 1 unspecified atom stereocenters. The van der Waals surface area contributed by atoms with Gasteiger partial charge in [0.15, 0.2) is 8.32 Å². The first kappa shape index (κ1) is 17.6. The highest BCUT2D eigenvalue weighted by Crippen LogP contribution is 2.09. The fourth-order valence-corrected chi connectivity index (χ4v) is 2.28. The molecule has 0 aliphatic rings. The summed E-state index contributed by atoms with van der Waals surface area (Å²) in [5.41, 5.74) is 0.315. The van der Waals surface area contributed by atoms with E-state index in [9.17, 15) is 9.59 Å². The Labute approximate surface area is 115 Å². The standard InChI is InChI=1S/C13H22O5Si/c1-7-12(14)16-8-11(18-19(4,5)6)9-17-13(15)10(2)3/h7,11H,1-2,8-9H2,3-6H3. The molecule has 0 bridgehead atoms. The van der Waals surface area contributed by atoms with Crippen LogP contribution in [0.1, 0.15) is 6.92 Å². The van der Waals surface area contributed by atoms with Crippen molar-refractivity contribution in [2.45, 2.75) is 32.7 Å². The van der Waals surface area contributed by atoms with Gasteiger partial charge in [0.25, 0.3) is 0 Å². The summed E-state index contributed by atoms with van der Waals surface area (Å²) in [7, 11) is -1.83. The van der Waals surface area contributed by atoms with Gasteiger partial charge in [0.1, 0.15) is 19.3 Å². The first-order valence-corrected chi connectivity index (χ1v) is 9.36. The summed E-state index contributed by atoms with van der Waals surface area (Å²) >= 11 is 0. The summed E-state index contributed by atoms with van der Waals surface area (Å²) in [6, 6.07) is 0. The van der Waals surface area contributed by atoms with Gasteiger partial charge in [0, 0.05) is 11.6 Å². The summed E-state index contributed by atoms with van der Waals surface area (Å²) in [5, 5.41) is 0. The zero-order valence-electron chi connectivity index (χ0n) is 12.0. The van der Waals surface area contributed by atoms with Crippen LogP contribution in [0.5, 0.6) is 0 Å². The lowest BCUT2D eigenvalue weighted by molar-refractivity contribution is -0.146. The molecule has 0 aromatic heterocycles. The Morgan fingerprint density at radius 3 is 2.16 bits per heavy atom. The summed E-state index contributed by atoms with van der Waals surface area (Å²) in [4.78, 5) is 22.3. The minimum Gasteiger partial charge on any atom is -0.460 e. The Hall–Kier alpha value is -1.40. The molecule has 0 rings (SSSR count). The smallest absolute Gasteiger partial charge is 0.333 e. The van der Waals surface area contributed by atoms with Crippen molar-refractivity contribution in [2.24, 2.45) is 0 Å². The van der Waals surface area contributed by atoms with E-state index in [0.717, 1.165) is 6.08 Å². The molecule has 0 aliphatic heterocycles. The van der Waals surface area contributed by atoms with Gasteiger partial charge in [-0.2, -0.15) is 0 Å². The van der Waals surface area contributed by atoms with Gasteiger partial charge in [-0.1, -0.05) is 13.2 Å². The van der Waals surface area contributed by atoms with Gasteiger partial charge in [0.05, 0.1) is 0 Å². The molecule has 0 saturated heterocycles. The highest BCUT2D eigenvalue weighted by atomic mass is 28.4. The van der Waals surface area contributed by atoms with E-state index in [0.29, 0.717) is 5.57 Å². The van der Waals surface area contributed by atoms with Crippen molar-refractivity contribution in [3.05, 3.63) is 24.8 Å². The molecule has 0 aliphatic carbocycles. The van der Waals surface area contributed by atoms with Crippen LogP contribution in [0.15, 0.2) is 24.8 Å². The molecule has 19 heavy (non-hydrogen) atoms. The van der Waals surface area contributed by atoms with Crippen LogP contribution < -0.4 is 0 Å². The molecule has 0 fully saturated rings. The van der Waals surface area contributed by atoms with E-state index in [2.05, 4.69) is 13.2 Å². The third-order valence-electron chi connectivity index (χ3n) is 1.85. The molecule has 108 valence electrons. The summed E-state index contributed by atoms with van der Waals surface area (Å²) in [5.74, 6) is -1.02. The first-order chi connectivity index (χ1) is 8.65. The second kappa shape index (κ2) is 7.91. The van der Waals surface area contributed by atoms with Crippen molar-refractivity contribution in [1.82, 2.24) is 0 Å². The van der Waals surface area contributed by atoms with Crippen molar-refractivity contribution in [2.75, 3.05) is 13.2 Å². The number of carbonyl (C=O) groups is 2. The molecule has 0 N–H and O–H groups in total. The van der Waals surface area contributed by atoms with Gasteiger partial charge in [-0.3, -0.25) is 0 Å². The third kappa shape index (κ3) is 9.21. The summed E-state index contributed by atoms with van der Waals surface area (Å²) in [6.45, 7) is 14.4. The maximum absolute atomic E-state index is 11.3. The van der Waals surface area contributed by atoms with Crippen molar-refractivity contribution in [1.29, 1.82) is 0 Å². The van der Waals surface area contributed by atoms with Gasteiger partial charge < -0.3 is 13.9 Å². The quantitative estimate of drug-likeness (QED) is 0.388. The van der Waals surface area contributed by atoms with E-state index in [1.165, 1.54) is 0 Å². The Bertz CT molecular complexity index is 357. The van der Waals surface area contributed by atoms with Crippen molar-refractivity contribution >= 4 is 20.3 Å². The number of carbonyl (C=O) groups excluding carboxylic acids is 2. The molecule has 0 heterocycles. The van der Waals surface area contributed by atoms with Gasteiger partial charge in [-0.15, -0.1) is 0 Å². The largest absolute Gasteiger partial charge is 0.460 e. The second-order valence-corrected chi connectivity index (χ2v) is 9.53. The lowest BCUT2D eigenvalue weighted by atomic mass is 10.3. The molecule has 0 radical (unpaired) electrons. The predicted octanol–water partition coefficient (Wildman–Crippen LogP) is 2.05. The molecule has 6 heteroatoms. The minimum absolute atomic E-state index is 0.0264.